The van der Waals surface area contributed by atoms with Gasteiger partial charge in [-0.05, 0) is 19.1 Å². The molecule has 7 nitrogen and oxygen atoms in total. The minimum Gasteiger partial charge on any atom is -0.466 e. The van der Waals surface area contributed by atoms with Crippen molar-refractivity contribution in [2.75, 3.05) is 19.7 Å². The molecule has 0 aromatic heterocycles. The van der Waals surface area contributed by atoms with Gasteiger partial charge in [-0.15, -0.1) is 0 Å². The number of benzene rings is 1. The first-order valence-corrected chi connectivity index (χ1v) is 8.89. The fourth-order valence-electron chi connectivity index (χ4n) is 2.33. The fraction of sp³-hybridized carbons (Fsp3) is 0.429. The first-order valence-electron chi connectivity index (χ1n) is 7.07. The lowest BCUT2D eigenvalue weighted by Crippen LogP contribution is -2.57. The van der Waals surface area contributed by atoms with Crippen molar-refractivity contribution in [2.24, 2.45) is 0 Å². The van der Waals surface area contributed by atoms with Crippen LogP contribution in [0.2, 0.25) is 5.02 Å². The maximum atomic E-state index is 12.8. The number of nitrogens with one attached hydrogen (secondary N) is 1. The van der Waals surface area contributed by atoms with Gasteiger partial charge >= 0.3 is 5.97 Å². The Morgan fingerprint density at radius 3 is 2.78 bits per heavy atom. The van der Waals surface area contributed by atoms with Gasteiger partial charge in [0.15, 0.2) is 0 Å². The molecule has 1 aliphatic rings. The van der Waals surface area contributed by atoms with E-state index in [9.17, 15) is 18.0 Å². The predicted octanol–water partition coefficient (Wildman–Crippen LogP) is 0.782. The second-order valence-electron chi connectivity index (χ2n) is 4.86. The highest BCUT2D eigenvalue weighted by Crippen LogP contribution is 2.27. The van der Waals surface area contributed by atoms with Crippen LogP contribution in [0.4, 0.5) is 0 Å². The van der Waals surface area contributed by atoms with Gasteiger partial charge in [0, 0.05) is 13.1 Å². The molecule has 1 fully saturated rings. The summed E-state index contributed by atoms with van der Waals surface area (Å²) in [5.41, 5.74) is 0. The molecule has 2 rings (SSSR count). The van der Waals surface area contributed by atoms with Crippen molar-refractivity contribution in [3.63, 3.8) is 0 Å². The standard InChI is InChI=1S/C14H17ClN2O5S/c1-2-22-13(18)9-11-14(19)16-7-8-17(11)23(20,21)12-6-4-3-5-10(12)15/h3-6,11H,2,7-9H2,1H3,(H,16,19)/t11-/m0/s1. The second-order valence-corrected chi connectivity index (χ2v) is 7.13. The van der Waals surface area contributed by atoms with E-state index >= 15 is 0 Å². The van der Waals surface area contributed by atoms with Gasteiger partial charge in [0.05, 0.1) is 18.1 Å². The fourth-order valence-corrected chi connectivity index (χ4v) is 4.42. The summed E-state index contributed by atoms with van der Waals surface area (Å²) in [7, 11) is -4.00. The SMILES string of the molecule is CCOC(=O)C[C@H]1C(=O)NCCN1S(=O)(=O)c1ccccc1Cl. The van der Waals surface area contributed by atoms with Crippen molar-refractivity contribution in [1.29, 1.82) is 0 Å². The zero-order valence-corrected chi connectivity index (χ0v) is 14.1. The number of amides is 1. The normalized spacial score (nSPS) is 19.2. The lowest BCUT2D eigenvalue weighted by atomic mass is 10.1. The van der Waals surface area contributed by atoms with Crippen LogP contribution in [0.3, 0.4) is 0 Å². The summed E-state index contributed by atoms with van der Waals surface area (Å²) in [6, 6.07) is 4.83. The number of sulfonamides is 1. The van der Waals surface area contributed by atoms with Crippen LogP contribution < -0.4 is 5.32 Å². The van der Waals surface area contributed by atoms with Crippen LogP contribution in [0.1, 0.15) is 13.3 Å². The van der Waals surface area contributed by atoms with E-state index in [0.717, 1.165) is 4.31 Å². The van der Waals surface area contributed by atoms with Crippen LogP contribution in [0.15, 0.2) is 29.2 Å². The van der Waals surface area contributed by atoms with E-state index in [1.165, 1.54) is 12.1 Å². The Balaban J connectivity index is 2.35. The topological polar surface area (TPSA) is 92.8 Å². The number of ether oxygens (including phenoxy) is 1. The van der Waals surface area contributed by atoms with Crippen LogP contribution in [0.25, 0.3) is 0 Å². The summed E-state index contributed by atoms with van der Waals surface area (Å²) in [5.74, 6) is -1.16. The Hall–Kier alpha value is -1.64. The summed E-state index contributed by atoms with van der Waals surface area (Å²) >= 11 is 5.97. The Kier molecular flexibility index (Phi) is 5.61. The third-order valence-corrected chi connectivity index (χ3v) is 5.78. The van der Waals surface area contributed by atoms with E-state index < -0.39 is 27.9 Å². The van der Waals surface area contributed by atoms with E-state index in [0.29, 0.717) is 0 Å². The minimum absolute atomic E-state index is 0.0589. The number of nitrogens with zero attached hydrogens (tertiary/aromatic N) is 1. The van der Waals surface area contributed by atoms with Crippen molar-refractivity contribution < 1.29 is 22.7 Å². The predicted molar refractivity (Wildman–Crippen MR) is 83.4 cm³/mol. The number of hydrogen-bond donors (Lipinski definition) is 1. The first kappa shape index (κ1) is 17.7. The molecule has 23 heavy (non-hydrogen) atoms. The van der Waals surface area contributed by atoms with Crippen LogP contribution in [-0.2, 0) is 24.3 Å². The molecule has 0 spiro atoms. The van der Waals surface area contributed by atoms with E-state index in [2.05, 4.69) is 5.32 Å². The summed E-state index contributed by atoms with van der Waals surface area (Å²) in [6.45, 7) is 2.02. The highest BCUT2D eigenvalue weighted by atomic mass is 35.5. The molecule has 1 amide bonds. The highest BCUT2D eigenvalue weighted by Gasteiger charge is 2.40. The molecule has 0 saturated carbocycles. The Labute approximate surface area is 139 Å². The number of piperazine rings is 1. The molecule has 1 aromatic rings. The number of rotatable bonds is 5. The number of esters is 1. The molecule has 0 aliphatic carbocycles. The van der Waals surface area contributed by atoms with Gasteiger partial charge in [0.1, 0.15) is 10.9 Å². The summed E-state index contributed by atoms with van der Waals surface area (Å²) in [4.78, 5) is 23.6. The monoisotopic (exact) mass is 360 g/mol. The van der Waals surface area contributed by atoms with Gasteiger partial charge in [-0.25, -0.2) is 8.42 Å². The highest BCUT2D eigenvalue weighted by molar-refractivity contribution is 7.89. The maximum Gasteiger partial charge on any atom is 0.307 e. The van der Waals surface area contributed by atoms with E-state index in [-0.39, 0.29) is 36.0 Å². The summed E-state index contributed by atoms with van der Waals surface area (Å²) < 4.78 is 31.4. The largest absolute Gasteiger partial charge is 0.466 e. The van der Waals surface area contributed by atoms with E-state index in [1.54, 1.807) is 19.1 Å². The maximum absolute atomic E-state index is 12.8. The van der Waals surface area contributed by atoms with E-state index in [4.69, 9.17) is 16.3 Å². The smallest absolute Gasteiger partial charge is 0.307 e. The number of carbonyl (C=O) groups excluding carboxylic acids is 2. The summed E-state index contributed by atoms with van der Waals surface area (Å²) in [5, 5.41) is 2.63. The third-order valence-electron chi connectivity index (χ3n) is 3.37. The molecule has 1 aliphatic heterocycles. The van der Waals surface area contributed by atoms with Gasteiger partial charge < -0.3 is 10.1 Å². The van der Waals surface area contributed by atoms with Crippen LogP contribution >= 0.6 is 11.6 Å². The lowest BCUT2D eigenvalue weighted by Gasteiger charge is -2.33. The van der Waals surface area contributed by atoms with Gasteiger partial charge in [0.25, 0.3) is 0 Å². The quantitative estimate of drug-likeness (QED) is 0.783. The molecule has 0 radical (unpaired) electrons. The van der Waals surface area contributed by atoms with Crippen molar-refractivity contribution in [1.82, 2.24) is 9.62 Å². The molecule has 1 saturated heterocycles. The average Bonchev–Trinajstić information content (AvgIpc) is 2.49. The van der Waals surface area contributed by atoms with Crippen molar-refractivity contribution >= 4 is 33.5 Å². The zero-order chi connectivity index (χ0) is 17.0. The van der Waals surface area contributed by atoms with Gasteiger partial charge in [-0.1, -0.05) is 23.7 Å². The van der Waals surface area contributed by atoms with Crippen molar-refractivity contribution in [3.05, 3.63) is 29.3 Å². The Morgan fingerprint density at radius 1 is 1.43 bits per heavy atom. The Bertz CT molecular complexity index is 707. The first-order chi connectivity index (χ1) is 10.9. The molecular weight excluding hydrogens is 344 g/mol. The number of halogens is 1. The zero-order valence-electron chi connectivity index (χ0n) is 12.5. The molecule has 0 unspecified atom stereocenters. The number of hydrogen-bond acceptors (Lipinski definition) is 5. The molecule has 1 N–H and O–H groups in total. The van der Waals surface area contributed by atoms with Crippen LogP contribution in [-0.4, -0.2) is 50.3 Å². The Morgan fingerprint density at radius 2 is 2.13 bits per heavy atom. The molecule has 1 atom stereocenters. The minimum atomic E-state index is -4.00. The van der Waals surface area contributed by atoms with Crippen LogP contribution in [0.5, 0.6) is 0 Å². The van der Waals surface area contributed by atoms with Crippen LogP contribution in [0, 0.1) is 0 Å². The molecule has 126 valence electrons. The van der Waals surface area contributed by atoms with Gasteiger partial charge in [-0.2, -0.15) is 4.31 Å². The molecule has 1 aromatic carbocycles. The van der Waals surface area contributed by atoms with Gasteiger partial charge in [-0.3, -0.25) is 9.59 Å². The third kappa shape index (κ3) is 3.82. The molecule has 9 heteroatoms. The average molecular weight is 361 g/mol. The lowest BCUT2D eigenvalue weighted by molar-refractivity contribution is -0.146. The van der Waals surface area contributed by atoms with Crippen molar-refractivity contribution in [3.8, 4) is 0 Å². The molecule has 1 heterocycles. The molecule has 0 bridgehead atoms. The number of carbonyl (C=O) groups is 2. The molecular formula is C14H17ClN2O5S. The van der Waals surface area contributed by atoms with E-state index in [1.807, 2.05) is 0 Å². The van der Waals surface area contributed by atoms with Crippen molar-refractivity contribution in [2.45, 2.75) is 24.3 Å². The van der Waals surface area contributed by atoms with Gasteiger partial charge in [0.2, 0.25) is 15.9 Å². The summed E-state index contributed by atoms with van der Waals surface area (Å²) in [6.07, 6.45) is -0.344. The second kappa shape index (κ2) is 7.29.